The number of aliphatic hydroxyl groups is 1. The molecular formula is C11H17N2O8PS. The first-order chi connectivity index (χ1) is 10.7. The minimum Gasteiger partial charge on any atom is -0.394 e. The van der Waals surface area contributed by atoms with Crippen molar-refractivity contribution in [3.63, 3.8) is 0 Å². The van der Waals surface area contributed by atoms with Gasteiger partial charge in [0.25, 0.3) is 5.56 Å². The Bertz CT molecular complexity index is 727. The van der Waals surface area contributed by atoms with Crippen LogP contribution in [-0.2, 0) is 25.8 Å². The fourth-order valence-corrected chi connectivity index (χ4v) is 3.26. The topological polar surface area (TPSA) is 143 Å². The summed E-state index contributed by atoms with van der Waals surface area (Å²) in [5.41, 5.74) is -1.01. The van der Waals surface area contributed by atoms with Gasteiger partial charge in [0.05, 0.1) is 6.61 Å². The van der Waals surface area contributed by atoms with E-state index in [4.69, 9.17) is 14.0 Å². The molecule has 2 rings (SSSR count). The first-order valence-electron chi connectivity index (χ1n) is 6.53. The first kappa shape index (κ1) is 18.4. The first-order valence-corrected chi connectivity index (χ1v) is 9.15. The molecule has 4 atom stereocenters. The number of aliphatic hydroxyl groups excluding tert-OH is 1. The number of ether oxygens (including phenoxy) is 2. The van der Waals surface area contributed by atoms with Gasteiger partial charge in [0, 0.05) is 18.9 Å². The Morgan fingerprint density at radius 1 is 1.43 bits per heavy atom. The number of methoxy groups -OCH3 is 1. The average molecular weight is 368 g/mol. The van der Waals surface area contributed by atoms with Gasteiger partial charge in [-0.3, -0.25) is 18.9 Å². The van der Waals surface area contributed by atoms with E-state index in [0.29, 0.717) is 0 Å². The second kappa shape index (κ2) is 6.91. The molecule has 130 valence electrons. The fraction of sp³-hybridized carbons (Fsp3) is 0.636. The molecule has 1 unspecified atom stereocenters. The van der Waals surface area contributed by atoms with Crippen molar-refractivity contribution in [3.05, 3.63) is 32.6 Å². The lowest BCUT2D eigenvalue weighted by Gasteiger charge is -2.24. The van der Waals surface area contributed by atoms with Crippen LogP contribution in [0.5, 0.6) is 0 Å². The highest BCUT2D eigenvalue weighted by Crippen LogP contribution is 2.44. The largest absolute Gasteiger partial charge is 0.394 e. The highest BCUT2D eigenvalue weighted by molar-refractivity contribution is 8.06. The molecule has 0 radical (unpaired) electrons. The fourth-order valence-electron chi connectivity index (χ4n) is 2.39. The average Bonchev–Trinajstić information content (AvgIpc) is 2.78. The van der Waals surface area contributed by atoms with Gasteiger partial charge in [-0.25, -0.2) is 4.79 Å². The molecule has 1 fully saturated rings. The molecule has 0 amide bonds. The summed E-state index contributed by atoms with van der Waals surface area (Å²) in [6.45, 7) is -3.06. The minimum absolute atomic E-state index is 0.266. The molecule has 0 aliphatic carbocycles. The quantitative estimate of drug-likeness (QED) is 0.449. The summed E-state index contributed by atoms with van der Waals surface area (Å²) in [6, 6.07) is 0. The summed E-state index contributed by atoms with van der Waals surface area (Å²) in [4.78, 5) is 44.3. The molecule has 1 aliphatic rings. The third kappa shape index (κ3) is 3.95. The van der Waals surface area contributed by atoms with E-state index in [9.17, 15) is 24.5 Å². The van der Waals surface area contributed by atoms with Crippen LogP contribution >= 0.6 is 6.72 Å². The number of aromatic amines is 1. The minimum atomic E-state index is -4.05. The smallest absolute Gasteiger partial charge is 0.330 e. The Kier molecular flexibility index (Phi) is 5.54. The van der Waals surface area contributed by atoms with Crippen LogP contribution < -0.4 is 11.2 Å². The zero-order chi connectivity index (χ0) is 17.4. The van der Waals surface area contributed by atoms with Crippen molar-refractivity contribution in [1.29, 1.82) is 0 Å². The number of hydrogen-bond acceptors (Lipinski definition) is 7. The molecule has 10 nitrogen and oxygen atoms in total. The van der Waals surface area contributed by atoms with Crippen LogP contribution in [0.25, 0.3) is 0 Å². The molecule has 0 aromatic carbocycles. The van der Waals surface area contributed by atoms with Gasteiger partial charge in [0.15, 0.2) is 6.23 Å². The highest BCUT2D eigenvalue weighted by Gasteiger charge is 2.48. The van der Waals surface area contributed by atoms with Gasteiger partial charge >= 0.3 is 12.4 Å². The van der Waals surface area contributed by atoms with Crippen LogP contribution in [0.4, 0.5) is 0 Å². The van der Waals surface area contributed by atoms with Gasteiger partial charge in [-0.1, -0.05) is 0 Å². The van der Waals surface area contributed by atoms with E-state index in [-0.39, 0.29) is 5.56 Å². The third-order valence-corrected chi connectivity index (χ3v) is 4.19. The number of rotatable bonds is 5. The van der Waals surface area contributed by atoms with E-state index in [0.717, 1.165) is 4.57 Å². The summed E-state index contributed by atoms with van der Waals surface area (Å²) < 4.78 is 16.8. The lowest BCUT2D eigenvalue weighted by molar-refractivity contribution is -0.0626. The standard InChI is InChI=1S/C11H17N2O8PS/c1-5-3-13(11(16)12-9(5)15)10-8(19-2)7(6(4-14)20-10)21-22(17,18)23/h3,6-8,10,14H,4H2,1-2H3,(H,12,15,16)(H2,17,18,23)/t6-,7-,8?,10-/m1/s1. The van der Waals surface area contributed by atoms with Crippen molar-refractivity contribution < 1.29 is 28.9 Å². The molecule has 0 saturated carbocycles. The van der Waals surface area contributed by atoms with Crippen molar-refractivity contribution in [2.75, 3.05) is 13.7 Å². The Morgan fingerprint density at radius 3 is 2.61 bits per heavy atom. The van der Waals surface area contributed by atoms with Gasteiger partial charge in [-0.15, -0.1) is 0 Å². The van der Waals surface area contributed by atoms with Crippen molar-refractivity contribution >= 4 is 18.5 Å². The Balaban J connectivity index is 2.44. The van der Waals surface area contributed by atoms with Crippen molar-refractivity contribution in [3.8, 4) is 0 Å². The van der Waals surface area contributed by atoms with Crippen molar-refractivity contribution in [2.24, 2.45) is 0 Å². The van der Waals surface area contributed by atoms with Gasteiger partial charge in [-0.05, 0) is 18.7 Å². The lowest BCUT2D eigenvalue weighted by atomic mass is 10.1. The van der Waals surface area contributed by atoms with Crippen molar-refractivity contribution in [2.45, 2.75) is 31.5 Å². The van der Waals surface area contributed by atoms with E-state index in [1.807, 2.05) is 0 Å². The molecule has 0 bridgehead atoms. The summed E-state index contributed by atoms with van der Waals surface area (Å²) >= 11 is 4.43. The van der Waals surface area contributed by atoms with Crippen LogP contribution in [-0.4, -0.2) is 56.5 Å². The second-order valence-corrected chi connectivity index (χ2v) is 7.61. The maximum Gasteiger partial charge on any atom is 0.330 e. The monoisotopic (exact) mass is 368 g/mol. The highest BCUT2D eigenvalue weighted by atomic mass is 32.5. The van der Waals surface area contributed by atoms with Crippen LogP contribution in [0, 0.1) is 6.92 Å². The van der Waals surface area contributed by atoms with Gasteiger partial charge in [-0.2, -0.15) is 0 Å². The van der Waals surface area contributed by atoms with Crippen molar-refractivity contribution in [1.82, 2.24) is 9.55 Å². The zero-order valence-electron chi connectivity index (χ0n) is 12.3. The summed E-state index contributed by atoms with van der Waals surface area (Å²) in [7, 11) is 1.30. The normalized spacial score (nSPS) is 28.2. The Morgan fingerprint density at radius 2 is 2.09 bits per heavy atom. The number of aryl methyl sites for hydroxylation is 1. The van der Waals surface area contributed by atoms with E-state index in [2.05, 4.69) is 16.8 Å². The molecular weight excluding hydrogens is 351 g/mol. The summed E-state index contributed by atoms with van der Waals surface area (Å²) in [6.07, 6.45) is -2.83. The molecule has 1 saturated heterocycles. The number of hydrogen-bond donors (Lipinski definition) is 4. The van der Waals surface area contributed by atoms with Crippen LogP contribution in [0.2, 0.25) is 0 Å². The van der Waals surface area contributed by atoms with Crippen LogP contribution in [0.15, 0.2) is 15.8 Å². The van der Waals surface area contributed by atoms with E-state index in [1.54, 1.807) is 0 Å². The molecule has 4 N–H and O–H groups in total. The molecule has 1 aromatic rings. The second-order valence-electron chi connectivity index (χ2n) is 4.99. The van der Waals surface area contributed by atoms with Gasteiger partial charge < -0.3 is 24.4 Å². The molecule has 1 aromatic heterocycles. The lowest BCUT2D eigenvalue weighted by Crippen LogP contribution is -2.40. The number of H-pyrrole nitrogens is 1. The molecule has 2 heterocycles. The number of aromatic nitrogens is 2. The van der Waals surface area contributed by atoms with E-state index >= 15 is 0 Å². The van der Waals surface area contributed by atoms with E-state index in [1.165, 1.54) is 20.2 Å². The third-order valence-electron chi connectivity index (χ3n) is 3.42. The SMILES string of the molecule is COC1[C@H](n2cc(C)c(=O)[nH]c2=O)O[C@H](CO)[C@H]1OP(O)(O)=S. The maximum atomic E-state index is 12.0. The number of nitrogens with zero attached hydrogens (tertiary/aromatic N) is 1. The zero-order valence-corrected chi connectivity index (χ0v) is 14.0. The van der Waals surface area contributed by atoms with E-state index < -0.39 is 49.1 Å². The van der Waals surface area contributed by atoms with Crippen LogP contribution in [0.3, 0.4) is 0 Å². The Hall–Kier alpha value is -0.910. The molecule has 23 heavy (non-hydrogen) atoms. The van der Waals surface area contributed by atoms with Gasteiger partial charge in [0.2, 0.25) is 0 Å². The van der Waals surface area contributed by atoms with Gasteiger partial charge in [0.1, 0.15) is 18.3 Å². The molecule has 12 heteroatoms. The van der Waals surface area contributed by atoms with Crippen LogP contribution in [0.1, 0.15) is 11.8 Å². The summed E-state index contributed by atoms with van der Waals surface area (Å²) in [5, 5.41) is 9.39. The Labute approximate surface area is 135 Å². The number of nitrogens with one attached hydrogen (secondary N) is 1. The molecule has 1 aliphatic heterocycles. The maximum absolute atomic E-state index is 12.0. The predicted molar refractivity (Wildman–Crippen MR) is 81.4 cm³/mol. The summed E-state index contributed by atoms with van der Waals surface area (Å²) in [5.74, 6) is 0. The predicted octanol–water partition coefficient (Wildman–Crippen LogP) is -1.66. The molecule has 0 spiro atoms.